The van der Waals surface area contributed by atoms with E-state index in [1.807, 2.05) is 12.1 Å². The number of esters is 1. The number of likely N-dealkylation sites (tertiary alicyclic amines) is 1. The summed E-state index contributed by atoms with van der Waals surface area (Å²) < 4.78 is 5.11. The van der Waals surface area contributed by atoms with Gasteiger partial charge in [0.1, 0.15) is 0 Å². The van der Waals surface area contributed by atoms with Gasteiger partial charge in [-0.05, 0) is 42.2 Å². The van der Waals surface area contributed by atoms with Crippen molar-refractivity contribution in [3.05, 3.63) is 48.0 Å². The molecule has 0 aliphatic carbocycles. The zero-order valence-electron chi connectivity index (χ0n) is 18.6. The highest BCUT2D eigenvalue weighted by Crippen LogP contribution is 2.22. The van der Waals surface area contributed by atoms with E-state index in [1.165, 1.54) is 10.8 Å². The Hall–Kier alpha value is -2.93. The molecule has 2 fully saturated rings. The summed E-state index contributed by atoms with van der Waals surface area (Å²) in [6.45, 7) is 5.16. The quantitative estimate of drug-likeness (QED) is 0.702. The number of nitrogens with one attached hydrogen (secondary N) is 1. The fourth-order valence-electron chi connectivity index (χ4n) is 4.66. The summed E-state index contributed by atoms with van der Waals surface area (Å²) >= 11 is 0. The van der Waals surface area contributed by atoms with E-state index in [9.17, 15) is 14.4 Å². The summed E-state index contributed by atoms with van der Waals surface area (Å²) in [5, 5.41) is 5.26. The molecule has 4 rings (SSSR count). The number of nitrogens with zero attached hydrogens (tertiary/aromatic N) is 2. The van der Waals surface area contributed by atoms with Crippen molar-refractivity contribution in [1.29, 1.82) is 0 Å². The number of amides is 2. The van der Waals surface area contributed by atoms with E-state index in [4.69, 9.17) is 4.74 Å². The second kappa shape index (κ2) is 10.1. The highest BCUT2D eigenvalue weighted by atomic mass is 16.5. The molecule has 2 aromatic carbocycles. The Morgan fingerprint density at radius 3 is 2.56 bits per heavy atom. The van der Waals surface area contributed by atoms with Gasteiger partial charge < -0.3 is 15.0 Å². The SMILES string of the molecule is CCOC(=O)C1CCN(C(=O)CC2C(=O)NCCN2Cc2ccc3ccccc3c2)CC1. The lowest BCUT2D eigenvalue weighted by Crippen LogP contribution is -2.56. The van der Waals surface area contributed by atoms with Gasteiger partial charge in [-0.1, -0.05) is 36.4 Å². The molecule has 0 aromatic heterocycles. The van der Waals surface area contributed by atoms with Gasteiger partial charge in [0.2, 0.25) is 11.8 Å². The summed E-state index contributed by atoms with van der Waals surface area (Å²) in [4.78, 5) is 41.5. The smallest absolute Gasteiger partial charge is 0.309 e. The van der Waals surface area contributed by atoms with Crippen molar-refractivity contribution in [3.63, 3.8) is 0 Å². The third-order valence-corrected chi connectivity index (χ3v) is 6.48. The van der Waals surface area contributed by atoms with Gasteiger partial charge in [0, 0.05) is 32.7 Å². The van der Waals surface area contributed by atoms with Crippen LogP contribution in [0.4, 0.5) is 0 Å². The highest BCUT2D eigenvalue weighted by molar-refractivity contribution is 5.89. The van der Waals surface area contributed by atoms with Crippen molar-refractivity contribution >= 4 is 28.6 Å². The van der Waals surface area contributed by atoms with Crippen molar-refractivity contribution in [2.75, 3.05) is 32.8 Å². The Bertz CT molecular complexity index is 984. The average molecular weight is 438 g/mol. The zero-order chi connectivity index (χ0) is 22.5. The number of piperidine rings is 1. The van der Waals surface area contributed by atoms with Gasteiger partial charge in [-0.25, -0.2) is 0 Å². The molecule has 1 N–H and O–H groups in total. The van der Waals surface area contributed by atoms with Gasteiger partial charge in [0.15, 0.2) is 0 Å². The van der Waals surface area contributed by atoms with Crippen LogP contribution in [0.25, 0.3) is 10.8 Å². The number of fused-ring (bicyclic) bond motifs is 1. The van der Waals surface area contributed by atoms with Crippen molar-refractivity contribution in [2.24, 2.45) is 5.92 Å². The van der Waals surface area contributed by atoms with Crippen LogP contribution in [0.3, 0.4) is 0 Å². The van der Waals surface area contributed by atoms with Gasteiger partial charge in [0.25, 0.3) is 0 Å². The average Bonchev–Trinajstić information content (AvgIpc) is 2.81. The van der Waals surface area contributed by atoms with Gasteiger partial charge >= 0.3 is 5.97 Å². The molecule has 1 unspecified atom stereocenters. The molecule has 32 heavy (non-hydrogen) atoms. The van der Waals surface area contributed by atoms with E-state index in [0.29, 0.717) is 52.2 Å². The van der Waals surface area contributed by atoms with Gasteiger partial charge in [-0.2, -0.15) is 0 Å². The van der Waals surface area contributed by atoms with Crippen LogP contribution in [0.15, 0.2) is 42.5 Å². The number of benzene rings is 2. The molecule has 170 valence electrons. The van der Waals surface area contributed by atoms with Crippen LogP contribution in [-0.2, 0) is 25.7 Å². The topological polar surface area (TPSA) is 78.9 Å². The third-order valence-electron chi connectivity index (χ3n) is 6.48. The number of carbonyl (C=O) groups is 3. The van der Waals surface area contributed by atoms with Crippen molar-refractivity contribution in [2.45, 2.75) is 38.8 Å². The molecule has 2 aliphatic heterocycles. The summed E-state index contributed by atoms with van der Waals surface area (Å²) in [6.07, 6.45) is 1.38. The van der Waals surface area contributed by atoms with E-state index in [0.717, 1.165) is 5.56 Å². The van der Waals surface area contributed by atoms with E-state index in [-0.39, 0.29) is 30.1 Å². The predicted octanol–water partition coefficient (Wildman–Crippen LogP) is 2.33. The van der Waals surface area contributed by atoms with E-state index in [2.05, 4.69) is 40.5 Å². The second-order valence-corrected chi connectivity index (χ2v) is 8.57. The zero-order valence-corrected chi connectivity index (χ0v) is 18.6. The summed E-state index contributed by atoms with van der Waals surface area (Å²) in [7, 11) is 0. The maximum Gasteiger partial charge on any atom is 0.309 e. The number of rotatable bonds is 6. The Morgan fingerprint density at radius 2 is 1.81 bits per heavy atom. The molecule has 0 spiro atoms. The lowest BCUT2D eigenvalue weighted by molar-refractivity contribution is -0.151. The predicted molar refractivity (Wildman–Crippen MR) is 122 cm³/mol. The minimum atomic E-state index is -0.481. The van der Waals surface area contributed by atoms with Gasteiger partial charge in [-0.3, -0.25) is 19.3 Å². The van der Waals surface area contributed by atoms with Crippen molar-refractivity contribution in [1.82, 2.24) is 15.1 Å². The number of hydrogen-bond donors (Lipinski definition) is 1. The Balaban J connectivity index is 1.38. The lowest BCUT2D eigenvalue weighted by Gasteiger charge is -2.37. The van der Waals surface area contributed by atoms with Crippen molar-refractivity contribution < 1.29 is 19.1 Å². The van der Waals surface area contributed by atoms with Crippen LogP contribution >= 0.6 is 0 Å². The summed E-state index contributed by atoms with van der Waals surface area (Å²) in [5.74, 6) is -0.432. The molecule has 2 aliphatic rings. The monoisotopic (exact) mass is 437 g/mol. The normalized spacial score (nSPS) is 20.2. The van der Waals surface area contributed by atoms with Crippen LogP contribution < -0.4 is 5.32 Å². The van der Waals surface area contributed by atoms with Crippen LogP contribution in [0.5, 0.6) is 0 Å². The molecule has 2 heterocycles. The fourth-order valence-corrected chi connectivity index (χ4v) is 4.66. The molecule has 2 saturated heterocycles. The minimum absolute atomic E-state index is 0.0297. The Morgan fingerprint density at radius 1 is 1.06 bits per heavy atom. The number of carbonyl (C=O) groups excluding carboxylic acids is 3. The molecule has 7 nitrogen and oxygen atoms in total. The second-order valence-electron chi connectivity index (χ2n) is 8.57. The summed E-state index contributed by atoms with van der Waals surface area (Å²) in [6, 6.07) is 14.1. The number of ether oxygens (including phenoxy) is 1. The maximum atomic E-state index is 13.0. The van der Waals surface area contributed by atoms with E-state index < -0.39 is 6.04 Å². The molecule has 0 saturated carbocycles. The molecule has 1 atom stereocenters. The number of piperazine rings is 1. The first-order chi connectivity index (χ1) is 15.5. The standard InChI is InChI=1S/C25H31N3O4/c1-2-32-25(31)20-9-12-27(13-10-20)23(29)16-22-24(30)26-11-14-28(22)17-18-7-8-19-5-3-4-6-21(19)15-18/h3-8,15,20,22H,2,9-14,16-17H2,1H3,(H,26,30). The number of hydrogen-bond acceptors (Lipinski definition) is 5. The molecule has 2 aromatic rings. The largest absolute Gasteiger partial charge is 0.466 e. The van der Waals surface area contributed by atoms with Crippen LogP contribution in [0.1, 0.15) is 31.7 Å². The minimum Gasteiger partial charge on any atom is -0.466 e. The highest BCUT2D eigenvalue weighted by Gasteiger charge is 2.34. The van der Waals surface area contributed by atoms with Crippen LogP contribution in [0.2, 0.25) is 0 Å². The van der Waals surface area contributed by atoms with E-state index >= 15 is 0 Å². The fraction of sp³-hybridized carbons (Fsp3) is 0.480. The molecule has 0 radical (unpaired) electrons. The van der Waals surface area contributed by atoms with Crippen molar-refractivity contribution in [3.8, 4) is 0 Å². The first-order valence-electron chi connectivity index (χ1n) is 11.5. The molecule has 0 bridgehead atoms. The van der Waals surface area contributed by atoms with Crippen LogP contribution in [0, 0.1) is 5.92 Å². The Labute approximate surface area is 188 Å². The van der Waals surface area contributed by atoms with E-state index in [1.54, 1.807) is 11.8 Å². The third kappa shape index (κ3) is 5.10. The first-order valence-corrected chi connectivity index (χ1v) is 11.5. The molecular formula is C25H31N3O4. The lowest BCUT2D eigenvalue weighted by atomic mass is 9.96. The van der Waals surface area contributed by atoms with Gasteiger partial charge in [-0.15, -0.1) is 0 Å². The molecule has 2 amide bonds. The first kappa shape index (κ1) is 22.3. The molecular weight excluding hydrogens is 406 g/mol. The Kier molecular flexibility index (Phi) is 7.05. The summed E-state index contributed by atoms with van der Waals surface area (Å²) in [5.41, 5.74) is 1.13. The van der Waals surface area contributed by atoms with Gasteiger partial charge in [0.05, 0.1) is 25.0 Å². The maximum absolute atomic E-state index is 13.0. The molecule has 7 heteroatoms. The van der Waals surface area contributed by atoms with Crippen LogP contribution in [-0.4, -0.2) is 66.4 Å².